The van der Waals surface area contributed by atoms with Crippen molar-refractivity contribution in [3.05, 3.63) is 83.9 Å². The summed E-state index contributed by atoms with van der Waals surface area (Å²) >= 11 is 0. The molecule has 2 aliphatic rings. The summed E-state index contributed by atoms with van der Waals surface area (Å²) in [5.74, 6) is 0. The molecule has 2 heterocycles. The molecule has 2 aromatic carbocycles. The first-order valence-electron chi connectivity index (χ1n) is 9.94. The third-order valence-electron chi connectivity index (χ3n) is 5.42. The molecule has 6 nitrogen and oxygen atoms in total. The number of aliphatic hydroxyl groups excluding tert-OH is 2. The molecule has 6 atom stereocenters. The zero-order chi connectivity index (χ0) is 21.1. The van der Waals surface area contributed by atoms with E-state index in [2.05, 4.69) is 13.2 Å². The average Bonchev–Trinajstić information content (AvgIpc) is 2.82. The van der Waals surface area contributed by atoms with E-state index in [4.69, 9.17) is 18.9 Å². The number of fused-ring (bicyclic) bond motifs is 1. The quantitative estimate of drug-likeness (QED) is 0.762. The summed E-state index contributed by atoms with van der Waals surface area (Å²) < 4.78 is 24.2. The number of ether oxygens (including phenoxy) is 4. The minimum atomic E-state index is -1.11. The van der Waals surface area contributed by atoms with Gasteiger partial charge in [-0.15, -0.1) is 0 Å². The Balaban J connectivity index is 1.54. The molecule has 0 aliphatic carbocycles. The van der Waals surface area contributed by atoms with Gasteiger partial charge < -0.3 is 29.2 Å². The predicted molar refractivity (Wildman–Crippen MR) is 112 cm³/mol. The first-order chi connectivity index (χ1) is 14.6. The van der Waals surface area contributed by atoms with Crippen molar-refractivity contribution in [3.63, 3.8) is 0 Å². The molecule has 0 radical (unpaired) electrons. The Kier molecular flexibility index (Phi) is 6.43. The first-order valence-corrected chi connectivity index (χ1v) is 9.94. The fourth-order valence-corrected chi connectivity index (χ4v) is 3.69. The maximum absolute atomic E-state index is 10.4. The number of rotatable bonds is 6. The lowest BCUT2D eigenvalue weighted by Gasteiger charge is -2.47. The van der Waals surface area contributed by atoms with Crippen molar-refractivity contribution < 1.29 is 29.2 Å². The van der Waals surface area contributed by atoms with Gasteiger partial charge in [0.15, 0.2) is 12.6 Å². The highest BCUT2D eigenvalue weighted by molar-refractivity contribution is 5.48. The van der Waals surface area contributed by atoms with Crippen molar-refractivity contribution >= 4 is 12.2 Å². The number of hydrogen-bond acceptors (Lipinski definition) is 6. The van der Waals surface area contributed by atoms with Crippen LogP contribution in [0.25, 0.3) is 12.2 Å². The molecule has 2 saturated heterocycles. The average molecular weight is 410 g/mol. The summed E-state index contributed by atoms with van der Waals surface area (Å²) in [6.07, 6.45) is -0.714. The van der Waals surface area contributed by atoms with Gasteiger partial charge in [0, 0.05) is 11.1 Å². The van der Waals surface area contributed by atoms with Crippen LogP contribution in [-0.2, 0) is 18.9 Å². The van der Waals surface area contributed by atoms with Gasteiger partial charge in [-0.25, -0.2) is 0 Å². The van der Waals surface area contributed by atoms with Crippen molar-refractivity contribution in [3.8, 4) is 0 Å². The molecule has 6 unspecified atom stereocenters. The molecule has 2 aromatic rings. The van der Waals surface area contributed by atoms with Gasteiger partial charge in [-0.05, 0) is 11.1 Å². The largest absolute Gasteiger partial charge is 0.394 e. The van der Waals surface area contributed by atoms with E-state index in [1.807, 2.05) is 48.5 Å². The van der Waals surface area contributed by atoms with Crippen LogP contribution in [0.4, 0.5) is 0 Å². The molecular formula is C24H26O6. The molecule has 6 heteroatoms. The number of benzene rings is 2. The summed E-state index contributed by atoms with van der Waals surface area (Å²) in [6.45, 7) is 7.34. The van der Waals surface area contributed by atoms with E-state index in [0.717, 1.165) is 22.3 Å². The van der Waals surface area contributed by atoms with E-state index in [1.54, 1.807) is 12.2 Å². The van der Waals surface area contributed by atoms with Crippen LogP contribution in [0, 0.1) is 0 Å². The fourth-order valence-electron chi connectivity index (χ4n) is 3.69. The number of aliphatic hydroxyl groups is 2. The van der Waals surface area contributed by atoms with Gasteiger partial charge in [-0.2, -0.15) is 0 Å². The lowest BCUT2D eigenvalue weighted by molar-refractivity contribution is -0.373. The predicted octanol–water partition coefficient (Wildman–Crippen LogP) is 3.22. The Bertz CT molecular complexity index is 860. The van der Waals surface area contributed by atoms with E-state index in [0.29, 0.717) is 0 Å². The van der Waals surface area contributed by atoms with Crippen LogP contribution in [0.3, 0.4) is 0 Å². The standard InChI is InChI=1S/C24H26O6/c1-3-15-5-9-17(10-6-15)23-27-14-20-22(30-23)21(19(26)13-25)29-24(28-20)18-11-7-16(4-2)8-12-18/h3-12,19-26H,1-2,13-14H2. The van der Waals surface area contributed by atoms with Crippen LogP contribution in [0.15, 0.2) is 61.7 Å². The van der Waals surface area contributed by atoms with E-state index in [-0.39, 0.29) is 6.61 Å². The molecule has 0 amide bonds. The second-order valence-electron chi connectivity index (χ2n) is 7.36. The van der Waals surface area contributed by atoms with Crippen LogP contribution in [0.2, 0.25) is 0 Å². The molecule has 0 saturated carbocycles. The summed E-state index contributed by atoms with van der Waals surface area (Å²) in [7, 11) is 0. The first kappa shape index (κ1) is 20.9. The maximum Gasteiger partial charge on any atom is 0.184 e. The van der Waals surface area contributed by atoms with Gasteiger partial charge in [-0.3, -0.25) is 0 Å². The highest BCUT2D eigenvalue weighted by atomic mass is 16.8. The highest BCUT2D eigenvalue weighted by Crippen LogP contribution is 2.39. The van der Waals surface area contributed by atoms with Crippen molar-refractivity contribution in [1.82, 2.24) is 0 Å². The van der Waals surface area contributed by atoms with Crippen LogP contribution in [0.5, 0.6) is 0 Å². The monoisotopic (exact) mass is 410 g/mol. The molecule has 2 N–H and O–H groups in total. The molecule has 0 aromatic heterocycles. The molecule has 30 heavy (non-hydrogen) atoms. The Hall–Kier alpha value is -2.32. The molecule has 158 valence electrons. The van der Waals surface area contributed by atoms with Gasteiger partial charge >= 0.3 is 0 Å². The van der Waals surface area contributed by atoms with Crippen molar-refractivity contribution in [2.24, 2.45) is 0 Å². The lowest BCUT2D eigenvalue weighted by atomic mass is 9.99. The summed E-state index contributed by atoms with van der Waals surface area (Å²) in [4.78, 5) is 0. The minimum absolute atomic E-state index is 0.276. The molecule has 0 bridgehead atoms. The van der Waals surface area contributed by atoms with E-state index < -0.39 is 43.6 Å². The minimum Gasteiger partial charge on any atom is -0.394 e. The highest BCUT2D eigenvalue weighted by Gasteiger charge is 2.48. The molecule has 4 rings (SSSR count). The van der Waals surface area contributed by atoms with Gasteiger partial charge in [0.05, 0.1) is 13.2 Å². The van der Waals surface area contributed by atoms with Crippen LogP contribution >= 0.6 is 0 Å². The summed E-state index contributed by atoms with van der Waals surface area (Å²) in [5.41, 5.74) is 3.62. The molecule has 0 spiro atoms. The SMILES string of the molecule is C=Cc1ccc(C2OC3COC(c4ccc(C=C)cc4)OC3C(C(O)CO)O2)cc1. The van der Waals surface area contributed by atoms with E-state index in [9.17, 15) is 10.2 Å². The van der Waals surface area contributed by atoms with Gasteiger partial charge in [0.25, 0.3) is 0 Å². The topological polar surface area (TPSA) is 77.4 Å². The Labute approximate surface area is 176 Å². The van der Waals surface area contributed by atoms with E-state index >= 15 is 0 Å². The van der Waals surface area contributed by atoms with Crippen molar-refractivity contribution in [1.29, 1.82) is 0 Å². The van der Waals surface area contributed by atoms with Crippen LogP contribution in [-0.4, -0.2) is 47.8 Å². The molecular weight excluding hydrogens is 384 g/mol. The second kappa shape index (κ2) is 9.22. The maximum atomic E-state index is 10.4. The van der Waals surface area contributed by atoms with Gasteiger partial charge in [0.1, 0.15) is 24.4 Å². The Morgan fingerprint density at radius 1 is 0.867 bits per heavy atom. The summed E-state index contributed by atoms with van der Waals surface area (Å²) in [5, 5.41) is 20.0. The number of hydrogen-bond donors (Lipinski definition) is 2. The smallest absolute Gasteiger partial charge is 0.184 e. The lowest BCUT2D eigenvalue weighted by Crippen LogP contribution is -2.58. The second-order valence-corrected chi connectivity index (χ2v) is 7.36. The van der Waals surface area contributed by atoms with Crippen molar-refractivity contribution in [2.45, 2.75) is 37.0 Å². The van der Waals surface area contributed by atoms with Gasteiger partial charge in [-0.1, -0.05) is 73.8 Å². The third kappa shape index (κ3) is 4.25. The molecule has 2 aliphatic heterocycles. The van der Waals surface area contributed by atoms with Crippen LogP contribution < -0.4 is 0 Å². The van der Waals surface area contributed by atoms with Crippen molar-refractivity contribution in [2.75, 3.05) is 13.2 Å². The Morgan fingerprint density at radius 2 is 1.43 bits per heavy atom. The van der Waals surface area contributed by atoms with Crippen LogP contribution in [0.1, 0.15) is 34.8 Å². The van der Waals surface area contributed by atoms with E-state index in [1.165, 1.54) is 0 Å². The zero-order valence-electron chi connectivity index (χ0n) is 16.6. The zero-order valence-corrected chi connectivity index (χ0v) is 16.6. The van der Waals surface area contributed by atoms with Gasteiger partial charge in [0.2, 0.25) is 0 Å². The third-order valence-corrected chi connectivity index (χ3v) is 5.42. The normalized spacial score (nSPS) is 29.6. The fraction of sp³-hybridized carbons (Fsp3) is 0.333. The Morgan fingerprint density at radius 3 is 1.97 bits per heavy atom. The molecule has 2 fully saturated rings. The summed E-state index contributed by atoms with van der Waals surface area (Å²) in [6, 6.07) is 15.3.